The molecule has 0 unspecified atom stereocenters. The highest BCUT2D eigenvalue weighted by atomic mass is 35.5. The summed E-state index contributed by atoms with van der Waals surface area (Å²) >= 11 is 12.0. The first kappa shape index (κ1) is 19.5. The molecule has 6 heteroatoms. The van der Waals surface area contributed by atoms with Gasteiger partial charge in [0.05, 0.1) is 6.54 Å². The third-order valence-electron chi connectivity index (χ3n) is 4.33. The van der Waals surface area contributed by atoms with Crippen molar-refractivity contribution in [3.8, 4) is 0 Å². The molecule has 140 valence electrons. The smallest absolute Gasteiger partial charge is 0.254 e. The van der Waals surface area contributed by atoms with Crippen LogP contribution >= 0.6 is 23.2 Å². The Morgan fingerprint density at radius 2 is 1.85 bits per heavy atom. The number of hydrogen-bond donors (Lipinski definition) is 0. The number of benzene rings is 2. The second-order valence-corrected chi connectivity index (χ2v) is 7.51. The van der Waals surface area contributed by atoms with Crippen LogP contribution in [0.3, 0.4) is 0 Å². The zero-order valence-electron chi connectivity index (χ0n) is 15.3. The number of halogens is 2. The van der Waals surface area contributed by atoms with E-state index in [2.05, 4.69) is 4.98 Å². The largest absolute Gasteiger partial charge is 0.329 e. The molecular formula is C21H21Cl2N3O. The Labute approximate surface area is 169 Å². The van der Waals surface area contributed by atoms with Crippen molar-refractivity contribution in [3.63, 3.8) is 0 Å². The molecule has 3 aromatic rings. The van der Waals surface area contributed by atoms with E-state index in [0.717, 1.165) is 11.4 Å². The quantitative estimate of drug-likeness (QED) is 0.562. The predicted molar refractivity (Wildman–Crippen MR) is 109 cm³/mol. The molecule has 1 heterocycles. The molecule has 27 heavy (non-hydrogen) atoms. The van der Waals surface area contributed by atoms with Crippen LogP contribution in [0.1, 0.15) is 35.6 Å². The monoisotopic (exact) mass is 401 g/mol. The van der Waals surface area contributed by atoms with Crippen molar-refractivity contribution in [2.45, 2.75) is 33.0 Å². The van der Waals surface area contributed by atoms with Crippen molar-refractivity contribution >= 4 is 29.1 Å². The molecule has 0 saturated carbocycles. The number of imidazole rings is 1. The zero-order chi connectivity index (χ0) is 19.4. The van der Waals surface area contributed by atoms with Gasteiger partial charge in [0, 0.05) is 40.6 Å². The normalized spacial score (nSPS) is 11.0. The van der Waals surface area contributed by atoms with Crippen LogP contribution in [0.5, 0.6) is 0 Å². The molecule has 0 spiro atoms. The summed E-state index contributed by atoms with van der Waals surface area (Å²) in [7, 11) is 0. The highest BCUT2D eigenvalue weighted by Crippen LogP contribution is 2.17. The Bertz CT molecular complexity index is 919. The van der Waals surface area contributed by atoms with Gasteiger partial charge >= 0.3 is 0 Å². The molecule has 1 aromatic heterocycles. The summed E-state index contributed by atoms with van der Waals surface area (Å²) < 4.78 is 2.04. The molecule has 0 radical (unpaired) electrons. The van der Waals surface area contributed by atoms with Gasteiger partial charge in [0.2, 0.25) is 0 Å². The molecule has 0 aliphatic rings. The lowest BCUT2D eigenvalue weighted by atomic mass is 10.1. The van der Waals surface area contributed by atoms with Crippen molar-refractivity contribution in [2.24, 2.45) is 0 Å². The average Bonchev–Trinajstić information content (AvgIpc) is 3.06. The number of carbonyl (C=O) groups is 1. The topological polar surface area (TPSA) is 38.1 Å². The number of amides is 1. The summed E-state index contributed by atoms with van der Waals surface area (Å²) in [5.41, 5.74) is 1.70. The second kappa shape index (κ2) is 8.59. The number of nitrogens with zero attached hydrogens (tertiary/aromatic N) is 3. The van der Waals surface area contributed by atoms with E-state index in [9.17, 15) is 4.79 Å². The Morgan fingerprint density at radius 3 is 2.52 bits per heavy atom. The van der Waals surface area contributed by atoms with Crippen molar-refractivity contribution in [2.75, 3.05) is 0 Å². The SMILES string of the molecule is CC(C)N(Cc1nccn1Cc1cccc(Cl)c1)C(=O)c1ccc(Cl)cc1. The van der Waals surface area contributed by atoms with E-state index in [0.29, 0.717) is 28.7 Å². The van der Waals surface area contributed by atoms with Crippen LogP contribution in [-0.2, 0) is 13.1 Å². The van der Waals surface area contributed by atoms with Crippen molar-refractivity contribution in [1.82, 2.24) is 14.5 Å². The summed E-state index contributed by atoms with van der Waals surface area (Å²) in [6.45, 7) is 5.07. The van der Waals surface area contributed by atoms with Crippen LogP contribution in [0.25, 0.3) is 0 Å². The molecular weight excluding hydrogens is 381 g/mol. The maximum atomic E-state index is 13.0. The predicted octanol–water partition coefficient (Wildman–Crippen LogP) is 5.29. The highest BCUT2D eigenvalue weighted by Gasteiger charge is 2.21. The maximum absolute atomic E-state index is 13.0. The van der Waals surface area contributed by atoms with Gasteiger partial charge in [0.15, 0.2) is 0 Å². The van der Waals surface area contributed by atoms with Gasteiger partial charge in [-0.3, -0.25) is 4.79 Å². The Hall–Kier alpha value is -2.30. The Kier molecular flexibility index (Phi) is 6.19. The van der Waals surface area contributed by atoms with Crippen molar-refractivity contribution in [3.05, 3.63) is 87.9 Å². The summed E-state index contributed by atoms with van der Waals surface area (Å²) in [4.78, 5) is 19.2. The number of aromatic nitrogens is 2. The molecule has 1 amide bonds. The number of rotatable bonds is 6. The van der Waals surface area contributed by atoms with Crippen molar-refractivity contribution < 1.29 is 4.79 Å². The molecule has 3 rings (SSSR count). The fraction of sp³-hybridized carbons (Fsp3) is 0.238. The van der Waals surface area contributed by atoms with E-state index in [1.165, 1.54) is 0 Å². The maximum Gasteiger partial charge on any atom is 0.254 e. The number of carbonyl (C=O) groups excluding carboxylic acids is 1. The minimum Gasteiger partial charge on any atom is -0.329 e. The van der Waals surface area contributed by atoms with Gasteiger partial charge < -0.3 is 9.47 Å². The lowest BCUT2D eigenvalue weighted by Crippen LogP contribution is -2.37. The summed E-state index contributed by atoms with van der Waals surface area (Å²) in [5.74, 6) is 0.782. The summed E-state index contributed by atoms with van der Waals surface area (Å²) in [5, 5.41) is 1.32. The highest BCUT2D eigenvalue weighted by molar-refractivity contribution is 6.30. The molecule has 0 bridgehead atoms. The van der Waals surface area contributed by atoms with E-state index in [4.69, 9.17) is 23.2 Å². The third-order valence-corrected chi connectivity index (χ3v) is 4.82. The van der Waals surface area contributed by atoms with E-state index in [-0.39, 0.29) is 11.9 Å². The van der Waals surface area contributed by atoms with Crippen LogP contribution in [-0.4, -0.2) is 26.4 Å². The fourth-order valence-corrected chi connectivity index (χ4v) is 3.21. The van der Waals surface area contributed by atoms with Crippen LogP contribution < -0.4 is 0 Å². The lowest BCUT2D eigenvalue weighted by molar-refractivity contribution is 0.0683. The fourth-order valence-electron chi connectivity index (χ4n) is 2.87. The summed E-state index contributed by atoms with van der Waals surface area (Å²) in [6, 6.07) is 14.7. The van der Waals surface area contributed by atoms with Gasteiger partial charge in [-0.1, -0.05) is 35.3 Å². The van der Waals surface area contributed by atoms with Gasteiger partial charge in [0.1, 0.15) is 5.82 Å². The van der Waals surface area contributed by atoms with Gasteiger partial charge in [-0.2, -0.15) is 0 Å². The second-order valence-electron chi connectivity index (χ2n) is 6.63. The molecule has 0 atom stereocenters. The minimum absolute atomic E-state index is 0.0319. The minimum atomic E-state index is -0.0426. The van der Waals surface area contributed by atoms with Crippen LogP contribution in [0, 0.1) is 0 Å². The molecule has 0 N–H and O–H groups in total. The van der Waals surface area contributed by atoms with Gasteiger partial charge in [-0.15, -0.1) is 0 Å². The zero-order valence-corrected chi connectivity index (χ0v) is 16.8. The van der Waals surface area contributed by atoms with Crippen LogP contribution in [0.15, 0.2) is 60.9 Å². The van der Waals surface area contributed by atoms with E-state index < -0.39 is 0 Å². The first-order valence-corrected chi connectivity index (χ1v) is 9.50. The Balaban J connectivity index is 1.80. The average molecular weight is 402 g/mol. The molecule has 4 nitrogen and oxygen atoms in total. The first-order valence-electron chi connectivity index (χ1n) is 8.75. The first-order chi connectivity index (χ1) is 12.9. The van der Waals surface area contributed by atoms with E-state index >= 15 is 0 Å². The lowest BCUT2D eigenvalue weighted by Gasteiger charge is -2.27. The van der Waals surface area contributed by atoms with E-state index in [1.807, 2.05) is 48.9 Å². The standard InChI is InChI=1S/C21H21Cl2N3O/c1-15(2)26(21(27)17-6-8-18(22)9-7-17)14-20-24-10-11-25(20)13-16-4-3-5-19(23)12-16/h3-12,15H,13-14H2,1-2H3. The number of hydrogen-bond acceptors (Lipinski definition) is 2. The van der Waals surface area contributed by atoms with Gasteiger partial charge in [-0.25, -0.2) is 4.98 Å². The Morgan fingerprint density at radius 1 is 1.11 bits per heavy atom. The van der Waals surface area contributed by atoms with Gasteiger partial charge in [0.25, 0.3) is 5.91 Å². The van der Waals surface area contributed by atoms with Crippen LogP contribution in [0.4, 0.5) is 0 Å². The van der Waals surface area contributed by atoms with Crippen molar-refractivity contribution in [1.29, 1.82) is 0 Å². The third kappa shape index (κ3) is 4.90. The molecule has 0 fully saturated rings. The van der Waals surface area contributed by atoms with Gasteiger partial charge in [-0.05, 0) is 55.8 Å². The van der Waals surface area contributed by atoms with E-state index in [1.54, 1.807) is 35.4 Å². The molecule has 0 saturated heterocycles. The van der Waals surface area contributed by atoms with Crippen LogP contribution in [0.2, 0.25) is 10.0 Å². The molecule has 2 aromatic carbocycles. The molecule has 0 aliphatic carbocycles. The molecule has 0 aliphatic heterocycles. The summed E-state index contributed by atoms with van der Waals surface area (Å²) in [6.07, 6.45) is 3.67.